The summed E-state index contributed by atoms with van der Waals surface area (Å²) in [5.41, 5.74) is 0. The molecule has 0 aromatic rings. The molecule has 0 saturated carbocycles. The molecule has 4 heteroatoms. The summed E-state index contributed by atoms with van der Waals surface area (Å²) < 4.78 is 22.9. The van der Waals surface area contributed by atoms with Gasteiger partial charge in [-0.3, -0.25) is 4.79 Å². The van der Waals surface area contributed by atoms with Crippen molar-refractivity contribution in [3.05, 3.63) is 12.1 Å². The highest BCUT2D eigenvalue weighted by atomic mass is 19.1. The molecule has 0 radical (unpaired) electrons. The molecule has 0 N–H and O–H groups in total. The smallest absolute Gasteiger partial charge is 0.303 e. The minimum absolute atomic E-state index is 0.135. The number of carbonyl (C=O) groups excluding carboxylic acids is 1. The first kappa shape index (κ1) is 10.0. The number of ether oxygens (including phenoxy) is 2. The van der Waals surface area contributed by atoms with Gasteiger partial charge in [-0.2, -0.15) is 0 Å². The molecule has 3 nitrogen and oxygen atoms in total. The molecule has 74 valence electrons. The molecular weight excluding hydrogens is 175 g/mol. The highest BCUT2D eigenvalue weighted by Crippen LogP contribution is 2.27. The fourth-order valence-electron chi connectivity index (χ4n) is 1.20. The Balaban J connectivity index is 2.73. The maximum absolute atomic E-state index is 13.1. The van der Waals surface area contributed by atoms with Crippen molar-refractivity contribution in [1.82, 2.24) is 0 Å². The highest BCUT2D eigenvalue weighted by Gasteiger charge is 2.33. The van der Waals surface area contributed by atoms with E-state index in [9.17, 15) is 9.18 Å². The molecule has 0 saturated heterocycles. The Kier molecular flexibility index (Phi) is 2.90. The maximum Gasteiger partial charge on any atom is 0.303 e. The first-order valence-corrected chi connectivity index (χ1v) is 4.20. The molecule has 1 aliphatic rings. The van der Waals surface area contributed by atoms with Crippen LogP contribution in [0.3, 0.4) is 0 Å². The molecule has 0 amide bonds. The summed E-state index contributed by atoms with van der Waals surface area (Å²) in [4.78, 5) is 10.7. The van der Waals surface area contributed by atoms with Crippen molar-refractivity contribution in [2.45, 2.75) is 33.0 Å². The van der Waals surface area contributed by atoms with E-state index < -0.39 is 17.9 Å². The van der Waals surface area contributed by atoms with Crippen LogP contribution < -0.4 is 0 Å². The monoisotopic (exact) mass is 188 g/mol. The summed E-state index contributed by atoms with van der Waals surface area (Å²) in [6, 6.07) is 0. The third kappa shape index (κ3) is 2.20. The lowest BCUT2D eigenvalue weighted by atomic mass is 9.96. The van der Waals surface area contributed by atoms with Gasteiger partial charge in [-0.15, -0.1) is 0 Å². The second kappa shape index (κ2) is 3.77. The van der Waals surface area contributed by atoms with Gasteiger partial charge in [0.25, 0.3) is 0 Å². The molecule has 13 heavy (non-hydrogen) atoms. The van der Waals surface area contributed by atoms with Crippen molar-refractivity contribution in [3.8, 4) is 0 Å². The fourth-order valence-corrected chi connectivity index (χ4v) is 1.20. The Morgan fingerprint density at radius 2 is 2.23 bits per heavy atom. The molecular formula is C9H13FO3. The van der Waals surface area contributed by atoms with Gasteiger partial charge in [-0.05, 0) is 6.92 Å². The van der Waals surface area contributed by atoms with Gasteiger partial charge in [-0.1, -0.05) is 6.92 Å². The number of hydrogen-bond donors (Lipinski definition) is 0. The van der Waals surface area contributed by atoms with Crippen LogP contribution in [-0.2, 0) is 14.3 Å². The van der Waals surface area contributed by atoms with Crippen LogP contribution in [0.2, 0.25) is 0 Å². The highest BCUT2D eigenvalue weighted by molar-refractivity contribution is 5.66. The largest absolute Gasteiger partial charge is 0.495 e. The molecule has 1 aliphatic heterocycles. The van der Waals surface area contributed by atoms with E-state index in [0.29, 0.717) is 0 Å². The first-order valence-electron chi connectivity index (χ1n) is 4.20. The van der Waals surface area contributed by atoms with E-state index in [0.717, 1.165) is 6.26 Å². The minimum atomic E-state index is -0.791. The predicted octanol–water partition coefficient (Wildman–Crippen LogP) is 1.78. The molecule has 0 fully saturated rings. The van der Waals surface area contributed by atoms with E-state index >= 15 is 0 Å². The van der Waals surface area contributed by atoms with Crippen molar-refractivity contribution in [3.63, 3.8) is 0 Å². The second-order valence-corrected chi connectivity index (χ2v) is 3.23. The average molecular weight is 188 g/mol. The van der Waals surface area contributed by atoms with Gasteiger partial charge in [0.1, 0.15) is 12.4 Å². The number of rotatable bonds is 1. The van der Waals surface area contributed by atoms with Gasteiger partial charge < -0.3 is 9.47 Å². The van der Waals surface area contributed by atoms with Crippen LogP contribution in [-0.4, -0.2) is 18.2 Å². The number of hydrogen-bond acceptors (Lipinski definition) is 3. The normalized spacial score (nSPS) is 33.2. The summed E-state index contributed by atoms with van der Waals surface area (Å²) in [5.74, 6) is -1.16. The molecule has 0 bridgehead atoms. The van der Waals surface area contributed by atoms with Crippen molar-refractivity contribution >= 4 is 5.97 Å². The minimum Gasteiger partial charge on any atom is -0.495 e. The first-order chi connectivity index (χ1) is 6.02. The van der Waals surface area contributed by atoms with Gasteiger partial charge in [0.05, 0.1) is 0 Å². The Labute approximate surface area is 76.5 Å². The summed E-state index contributed by atoms with van der Waals surface area (Å²) in [7, 11) is 0. The topological polar surface area (TPSA) is 35.5 Å². The van der Waals surface area contributed by atoms with E-state index in [1.165, 1.54) is 6.92 Å². The lowest BCUT2D eigenvalue weighted by Crippen LogP contribution is -2.36. The zero-order valence-corrected chi connectivity index (χ0v) is 7.91. The van der Waals surface area contributed by atoms with Gasteiger partial charge in [0.15, 0.2) is 11.9 Å². The number of esters is 1. The summed E-state index contributed by atoms with van der Waals surface area (Å²) in [5, 5.41) is 0. The SMILES string of the molecule is CC(=O)O[C@H]1C(F)=CO[C@@H](C)[C@H]1C. The molecule has 0 aromatic heterocycles. The Morgan fingerprint density at radius 3 is 2.77 bits per heavy atom. The van der Waals surface area contributed by atoms with E-state index in [4.69, 9.17) is 9.47 Å². The average Bonchev–Trinajstić information content (AvgIpc) is 2.05. The van der Waals surface area contributed by atoms with Crippen LogP contribution in [0, 0.1) is 5.92 Å². The Hall–Kier alpha value is -1.06. The third-order valence-corrected chi connectivity index (χ3v) is 2.18. The summed E-state index contributed by atoms with van der Waals surface area (Å²) >= 11 is 0. The molecule has 0 aromatic carbocycles. The Bertz CT molecular complexity index is 237. The molecule has 0 unspecified atom stereocenters. The summed E-state index contributed by atoms with van der Waals surface area (Å²) in [6.07, 6.45) is 0.0863. The predicted molar refractivity (Wildman–Crippen MR) is 44.5 cm³/mol. The van der Waals surface area contributed by atoms with Crippen LogP contribution in [0.25, 0.3) is 0 Å². The van der Waals surface area contributed by atoms with E-state index in [1.807, 2.05) is 6.92 Å². The molecule has 0 aliphatic carbocycles. The lowest BCUT2D eigenvalue weighted by Gasteiger charge is -2.30. The second-order valence-electron chi connectivity index (χ2n) is 3.23. The number of halogens is 1. The lowest BCUT2D eigenvalue weighted by molar-refractivity contribution is -0.151. The molecule has 1 rings (SSSR count). The third-order valence-electron chi connectivity index (χ3n) is 2.18. The van der Waals surface area contributed by atoms with Gasteiger partial charge in [0.2, 0.25) is 0 Å². The van der Waals surface area contributed by atoms with Gasteiger partial charge >= 0.3 is 5.97 Å². The van der Waals surface area contributed by atoms with Crippen LogP contribution in [0.4, 0.5) is 4.39 Å². The van der Waals surface area contributed by atoms with Gasteiger partial charge in [0, 0.05) is 12.8 Å². The molecule has 0 spiro atoms. The fraction of sp³-hybridized carbons (Fsp3) is 0.667. The van der Waals surface area contributed by atoms with Crippen molar-refractivity contribution in [2.24, 2.45) is 5.92 Å². The van der Waals surface area contributed by atoms with Crippen molar-refractivity contribution in [2.75, 3.05) is 0 Å². The maximum atomic E-state index is 13.1. The summed E-state index contributed by atoms with van der Waals surface area (Å²) in [6.45, 7) is 4.86. The van der Waals surface area contributed by atoms with Crippen LogP contribution >= 0.6 is 0 Å². The standard InChI is InChI=1S/C9H13FO3/c1-5-6(2)12-4-8(10)9(5)13-7(3)11/h4-6,9H,1-3H3/t5-,6+,9-/m1/s1. The van der Waals surface area contributed by atoms with E-state index in [-0.39, 0.29) is 12.0 Å². The van der Waals surface area contributed by atoms with Crippen molar-refractivity contribution in [1.29, 1.82) is 0 Å². The molecule has 1 heterocycles. The Morgan fingerprint density at radius 1 is 1.62 bits per heavy atom. The van der Waals surface area contributed by atoms with Gasteiger partial charge in [-0.25, -0.2) is 4.39 Å². The van der Waals surface area contributed by atoms with Crippen molar-refractivity contribution < 1.29 is 18.7 Å². The van der Waals surface area contributed by atoms with Crippen LogP contribution in [0.15, 0.2) is 12.1 Å². The zero-order chi connectivity index (χ0) is 10.0. The van der Waals surface area contributed by atoms with Crippen LogP contribution in [0.5, 0.6) is 0 Å². The zero-order valence-electron chi connectivity index (χ0n) is 7.91. The van der Waals surface area contributed by atoms with E-state index in [1.54, 1.807) is 6.92 Å². The molecule has 3 atom stereocenters. The van der Waals surface area contributed by atoms with Crippen LogP contribution in [0.1, 0.15) is 20.8 Å². The quantitative estimate of drug-likeness (QED) is 0.588. The van der Waals surface area contributed by atoms with E-state index in [2.05, 4.69) is 0 Å². The number of carbonyl (C=O) groups is 1.